The first kappa shape index (κ1) is 23.0. The Morgan fingerprint density at radius 2 is 1.78 bits per heavy atom. The van der Waals surface area contributed by atoms with Crippen LogP contribution in [0.3, 0.4) is 0 Å². The highest BCUT2D eigenvalue weighted by Crippen LogP contribution is 2.28. The molecule has 1 N–H and O–H groups in total. The molecule has 3 rings (SSSR count). The standard InChI is InChI=1S/C23H22N2O6S/c1-3-30-22(29)20-15(2)24-23(32-20)25(13-16-8-5-4-6-9-16)19(27)14-31-21(28)17-10-7-11-18(26)12-17/h4-12,26H,3,13-14H2,1-2H3. The number of aromatic nitrogens is 1. The number of rotatable bonds is 8. The van der Waals surface area contributed by atoms with Gasteiger partial charge in [0.05, 0.1) is 24.4 Å². The average Bonchev–Trinajstić information content (AvgIpc) is 3.17. The van der Waals surface area contributed by atoms with E-state index in [1.54, 1.807) is 13.8 Å². The van der Waals surface area contributed by atoms with Crippen molar-refractivity contribution >= 4 is 34.3 Å². The predicted octanol–water partition coefficient (Wildman–Crippen LogP) is 3.72. The minimum atomic E-state index is -0.739. The van der Waals surface area contributed by atoms with Crippen LogP contribution in [0.15, 0.2) is 54.6 Å². The molecule has 0 fully saturated rings. The van der Waals surface area contributed by atoms with Crippen molar-refractivity contribution < 1.29 is 29.0 Å². The Morgan fingerprint density at radius 3 is 2.47 bits per heavy atom. The van der Waals surface area contributed by atoms with E-state index in [9.17, 15) is 19.5 Å². The minimum Gasteiger partial charge on any atom is -0.508 e. The van der Waals surface area contributed by atoms with Crippen LogP contribution in [0.1, 0.15) is 38.2 Å². The summed E-state index contributed by atoms with van der Waals surface area (Å²) in [7, 11) is 0. The van der Waals surface area contributed by atoms with E-state index in [-0.39, 0.29) is 24.5 Å². The van der Waals surface area contributed by atoms with Gasteiger partial charge in [-0.2, -0.15) is 0 Å². The largest absolute Gasteiger partial charge is 0.508 e. The predicted molar refractivity (Wildman–Crippen MR) is 119 cm³/mol. The van der Waals surface area contributed by atoms with Gasteiger partial charge in [-0.05, 0) is 37.6 Å². The summed E-state index contributed by atoms with van der Waals surface area (Å²) >= 11 is 1.04. The van der Waals surface area contributed by atoms with Gasteiger partial charge < -0.3 is 14.6 Å². The smallest absolute Gasteiger partial charge is 0.350 e. The first-order valence-corrected chi connectivity index (χ1v) is 10.7. The van der Waals surface area contributed by atoms with Crippen molar-refractivity contribution in [3.05, 3.63) is 76.3 Å². The Bertz CT molecular complexity index is 1110. The fourth-order valence-corrected chi connectivity index (χ4v) is 3.81. The maximum Gasteiger partial charge on any atom is 0.350 e. The Morgan fingerprint density at radius 1 is 1.03 bits per heavy atom. The Balaban J connectivity index is 1.81. The molecule has 1 aromatic heterocycles. The monoisotopic (exact) mass is 454 g/mol. The number of ether oxygens (including phenoxy) is 2. The number of phenols is 1. The van der Waals surface area contributed by atoms with Gasteiger partial charge in [-0.15, -0.1) is 0 Å². The normalized spacial score (nSPS) is 10.4. The second kappa shape index (κ2) is 10.5. The van der Waals surface area contributed by atoms with E-state index in [4.69, 9.17) is 9.47 Å². The van der Waals surface area contributed by atoms with Crippen molar-refractivity contribution in [2.24, 2.45) is 0 Å². The molecule has 8 nitrogen and oxygen atoms in total. The van der Waals surface area contributed by atoms with Crippen molar-refractivity contribution in [3.63, 3.8) is 0 Å². The topological polar surface area (TPSA) is 106 Å². The van der Waals surface area contributed by atoms with Gasteiger partial charge in [-0.3, -0.25) is 9.69 Å². The Labute approximate surface area is 189 Å². The number of aromatic hydroxyl groups is 1. The van der Waals surface area contributed by atoms with Crippen molar-refractivity contribution in [1.82, 2.24) is 4.98 Å². The summed E-state index contributed by atoms with van der Waals surface area (Å²) in [6, 6.07) is 14.9. The van der Waals surface area contributed by atoms with Crippen LogP contribution in [0.4, 0.5) is 5.13 Å². The lowest BCUT2D eigenvalue weighted by Crippen LogP contribution is -2.34. The Hall–Kier alpha value is -3.72. The van der Waals surface area contributed by atoms with Crippen LogP contribution >= 0.6 is 11.3 Å². The van der Waals surface area contributed by atoms with Gasteiger partial charge in [-0.1, -0.05) is 47.7 Å². The molecule has 2 aromatic carbocycles. The molecule has 9 heteroatoms. The lowest BCUT2D eigenvalue weighted by Gasteiger charge is -2.20. The summed E-state index contributed by atoms with van der Waals surface area (Å²) in [6.07, 6.45) is 0. The van der Waals surface area contributed by atoms with Crippen molar-refractivity contribution in [2.75, 3.05) is 18.1 Å². The SMILES string of the molecule is CCOC(=O)c1sc(N(Cc2ccccc2)C(=O)COC(=O)c2cccc(O)c2)nc1C. The summed E-state index contributed by atoms with van der Waals surface area (Å²) in [5.41, 5.74) is 1.42. The molecule has 0 aliphatic carbocycles. The summed E-state index contributed by atoms with van der Waals surface area (Å²) in [5.74, 6) is -1.83. The number of hydrogen-bond acceptors (Lipinski definition) is 8. The highest BCUT2D eigenvalue weighted by molar-refractivity contribution is 7.17. The van der Waals surface area contributed by atoms with Gasteiger partial charge in [0.1, 0.15) is 10.6 Å². The summed E-state index contributed by atoms with van der Waals surface area (Å²) in [6.45, 7) is 3.25. The molecule has 0 saturated heterocycles. The van der Waals surface area contributed by atoms with E-state index in [0.717, 1.165) is 16.9 Å². The lowest BCUT2D eigenvalue weighted by molar-refractivity contribution is -0.121. The van der Waals surface area contributed by atoms with Gasteiger partial charge in [0.2, 0.25) is 0 Å². The molecule has 0 spiro atoms. The molecule has 1 heterocycles. The molecule has 1 amide bonds. The third-order valence-electron chi connectivity index (χ3n) is 4.37. The minimum absolute atomic E-state index is 0.0822. The van der Waals surface area contributed by atoms with Crippen LogP contribution in [0, 0.1) is 6.92 Å². The van der Waals surface area contributed by atoms with Crippen molar-refractivity contribution in [3.8, 4) is 5.75 Å². The first-order valence-electron chi connectivity index (χ1n) is 9.84. The van der Waals surface area contributed by atoms with Crippen molar-refractivity contribution in [1.29, 1.82) is 0 Å². The molecule has 0 unspecified atom stereocenters. The van der Waals surface area contributed by atoms with E-state index >= 15 is 0 Å². The zero-order valence-electron chi connectivity index (χ0n) is 17.6. The Kier molecular flexibility index (Phi) is 7.56. The van der Waals surface area contributed by atoms with E-state index in [1.807, 2.05) is 30.3 Å². The van der Waals surface area contributed by atoms with E-state index in [0.29, 0.717) is 15.7 Å². The number of carbonyl (C=O) groups is 3. The molecular formula is C23H22N2O6S. The zero-order valence-corrected chi connectivity index (χ0v) is 18.4. The van der Waals surface area contributed by atoms with Crippen LogP contribution in [-0.4, -0.2) is 41.2 Å². The third kappa shape index (κ3) is 5.70. The van der Waals surface area contributed by atoms with Gasteiger partial charge in [0, 0.05) is 0 Å². The van der Waals surface area contributed by atoms with E-state index in [1.165, 1.54) is 29.2 Å². The number of aryl methyl sites for hydroxylation is 1. The molecule has 0 aliphatic heterocycles. The zero-order chi connectivity index (χ0) is 23.1. The van der Waals surface area contributed by atoms with Gasteiger partial charge >= 0.3 is 11.9 Å². The molecule has 0 bridgehead atoms. The van der Waals surface area contributed by atoms with Gasteiger partial charge in [0.25, 0.3) is 5.91 Å². The summed E-state index contributed by atoms with van der Waals surface area (Å²) in [4.78, 5) is 43.5. The number of esters is 2. The summed E-state index contributed by atoms with van der Waals surface area (Å²) in [5, 5.41) is 9.82. The van der Waals surface area contributed by atoms with Crippen LogP contribution in [0.25, 0.3) is 0 Å². The lowest BCUT2D eigenvalue weighted by atomic mass is 10.2. The fourth-order valence-electron chi connectivity index (χ4n) is 2.83. The van der Waals surface area contributed by atoms with E-state index < -0.39 is 24.5 Å². The highest BCUT2D eigenvalue weighted by atomic mass is 32.1. The van der Waals surface area contributed by atoms with Crippen molar-refractivity contribution in [2.45, 2.75) is 20.4 Å². The highest BCUT2D eigenvalue weighted by Gasteiger charge is 2.25. The van der Waals surface area contributed by atoms with Crippen LogP contribution in [0.2, 0.25) is 0 Å². The number of amides is 1. The number of anilines is 1. The van der Waals surface area contributed by atoms with Crippen LogP contribution in [0.5, 0.6) is 5.75 Å². The molecule has 0 atom stereocenters. The second-order valence-electron chi connectivity index (χ2n) is 6.72. The number of carbonyl (C=O) groups excluding carboxylic acids is 3. The van der Waals surface area contributed by atoms with Crippen LogP contribution in [-0.2, 0) is 20.8 Å². The maximum atomic E-state index is 13.0. The van der Waals surface area contributed by atoms with Gasteiger partial charge in [0.15, 0.2) is 11.7 Å². The number of thiazole rings is 1. The fraction of sp³-hybridized carbons (Fsp3) is 0.217. The number of phenolic OH excluding ortho intramolecular Hbond substituents is 1. The second-order valence-corrected chi connectivity index (χ2v) is 7.70. The first-order chi connectivity index (χ1) is 15.4. The molecule has 0 saturated carbocycles. The maximum absolute atomic E-state index is 13.0. The van der Waals surface area contributed by atoms with E-state index in [2.05, 4.69) is 4.98 Å². The summed E-state index contributed by atoms with van der Waals surface area (Å²) < 4.78 is 10.2. The average molecular weight is 455 g/mol. The van der Waals surface area contributed by atoms with Crippen LogP contribution < -0.4 is 4.90 Å². The number of benzene rings is 2. The number of nitrogens with zero attached hydrogens (tertiary/aromatic N) is 2. The third-order valence-corrected chi connectivity index (χ3v) is 5.53. The van der Waals surface area contributed by atoms with Gasteiger partial charge in [-0.25, -0.2) is 14.6 Å². The molecule has 0 aliphatic rings. The molecule has 32 heavy (non-hydrogen) atoms. The molecule has 166 valence electrons. The molecular weight excluding hydrogens is 432 g/mol. The quantitative estimate of drug-likeness (QED) is 0.517. The molecule has 3 aromatic rings. The number of hydrogen-bond donors (Lipinski definition) is 1. The molecule has 0 radical (unpaired) electrons.